The Bertz CT molecular complexity index is 471. The van der Waals surface area contributed by atoms with Gasteiger partial charge in [0.05, 0.1) is 23.8 Å². The molecule has 0 aliphatic carbocycles. The molecule has 0 bridgehead atoms. The number of halogens is 1. The van der Waals surface area contributed by atoms with Crippen LogP contribution in [0.5, 0.6) is 0 Å². The van der Waals surface area contributed by atoms with E-state index >= 15 is 0 Å². The fraction of sp³-hybridized carbons (Fsp3) is 0.385. The molecule has 1 N–H and O–H groups in total. The summed E-state index contributed by atoms with van der Waals surface area (Å²) in [6.07, 6.45) is 0. The molecule has 0 aliphatic rings. The summed E-state index contributed by atoms with van der Waals surface area (Å²) in [5.74, 6) is -0.371. The smallest absolute Gasteiger partial charge is 0.332 e. The monoisotopic (exact) mass is 282 g/mol. The third-order valence-electron chi connectivity index (χ3n) is 2.19. The molecule has 0 saturated carbocycles. The molecule has 0 radical (unpaired) electrons. The molecule has 5 nitrogen and oxygen atoms in total. The minimum absolute atomic E-state index is 0.0519. The van der Waals surface area contributed by atoms with Crippen LogP contribution in [0.4, 0.5) is 5.69 Å². The number of carbonyl (C=O) groups is 1. The Hall–Kier alpha value is -1.77. The summed E-state index contributed by atoms with van der Waals surface area (Å²) in [4.78, 5) is 11.0. The van der Waals surface area contributed by atoms with Crippen LogP contribution in [0.25, 0.3) is 0 Å². The minimum atomic E-state index is -0.371. The van der Waals surface area contributed by atoms with E-state index in [1.807, 2.05) is 6.07 Å². The van der Waals surface area contributed by atoms with E-state index in [4.69, 9.17) is 26.3 Å². The SMILES string of the molecule is CCOC(=O)COCCNc1ccc(C#N)c(Cl)c1. The van der Waals surface area contributed by atoms with Gasteiger partial charge in [-0.3, -0.25) is 0 Å². The molecule has 0 fully saturated rings. The van der Waals surface area contributed by atoms with Crippen molar-refractivity contribution in [1.29, 1.82) is 5.26 Å². The number of rotatable bonds is 7. The van der Waals surface area contributed by atoms with E-state index in [-0.39, 0.29) is 12.6 Å². The summed E-state index contributed by atoms with van der Waals surface area (Å²) in [5, 5.41) is 12.2. The highest BCUT2D eigenvalue weighted by Crippen LogP contribution is 2.19. The average molecular weight is 283 g/mol. The Morgan fingerprint density at radius 3 is 2.95 bits per heavy atom. The van der Waals surface area contributed by atoms with Crippen molar-refractivity contribution in [2.45, 2.75) is 6.92 Å². The quantitative estimate of drug-likeness (QED) is 0.613. The molecule has 0 heterocycles. The molecular formula is C13H15ClN2O3. The predicted molar refractivity (Wildman–Crippen MR) is 72.1 cm³/mol. The van der Waals surface area contributed by atoms with Crippen LogP contribution in [0.3, 0.4) is 0 Å². The van der Waals surface area contributed by atoms with Crippen molar-refractivity contribution in [2.75, 3.05) is 31.7 Å². The Kier molecular flexibility index (Phi) is 6.72. The van der Waals surface area contributed by atoms with Crippen molar-refractivity contribution in [2.24, 2.45) is 0 Å². The normalized spacial score (nSPS) is 9.74. The predicted octanol–water partition coefficient (Wildman–Crippen LogP) is 2.20. The van der Waals surface area contributed by atoms with Crippen LogP contribution in [0.1, 0.15) is 12.5 Å². The third kappa shape index (κ3) is 5.60. The van der Waals surface area contributed by atoms with Crippen molar-refractivity contribution >= 4 is 23.3 Å². The Morgan fingerprint density at radius 2 is 2.32 bits per heavy atom. The topological polar surface area (TPSA) is 71.3 Å². The van der Waals surface area contributed by atoms with Crippen molar-refractivity contribution in [1.82, 2.24) is 0 Å². The van der Waals surface area contributed by atoms with E-state index in [0.717, 1.165) is 5.69 Å². The maximum atomic E-state index is 11.0. The van der Waals surface area contributed by atoms with Crippen LogP contribution in [0.15, 0.2) is 18.2 Å². The molecule has 102 valence electrons. The molecule has 0 aliphatic heterocycles. The molecule has 0 aromatic heterocycles. The first-order valence-electron chi connectivity index (χ1n) is 5.84. The van der Waals surface area contributed by atoms with Gasteiger partial charge >= 0.3 is 5.97 Å². The van der Waals surface area contributed by atoms with Gasteiger partial charge in [0, 0.05) is 12.2 Å². The summed E-state index contributed by atoms with van der Waals surface area (Å²) in [6, 6.07) is 7.06. The van der Waals surface area contributed by atoms with Crippen LogP contribution < -0.4 is 5.32 Å². The molecule has 0 atom stereocenters. The zero-order valence-corrected chi connectivity index (χ0v) is 11.4. The third-order valence-corrected chi connectivity index (χ3v) is 2.50. The highest BCUT2D eigenvalue weighted by atomic mass is 35.5. The van der Waals surface area contributed by atoms with Crippen molar-refractivity contribution in [3.05, 3.63) is 28.8 Å². The molecule has 0 spiro atoms. The Morgan fingerprint density at radius 1 is 1.53 bits per heavy atom. The van der Waals surface area contributed by atoms with E-state index in [0.29, 0.717) is 30.3 Å². The van der Waals surface area contributed by atoms with Gasteiger partial charge in [-0.1, -0.05) is 11.6 Å². The van der Waals surface area contributed by atoms with Gasteiger partial charge < -0.3 is 14.8 Å². The summed E-state index contributed by atoms with van der Waals surface area (Å²) >= 11 is 5.89. The second kappa shape index (κ2) is 8.35. The lowest BCUT2D eigenvalue weighted by molar-refractivity contribution is -0.148. The van der Waals surface area contributed by atoms with Crippen LogP contribution >= 0.6 is 11.6 Å². The summed E-state index contributed by atoms with van der Waals surface area (Å²) in [6.45, 7) is 2.94. The first-order valence-corrected chi connectivity index (χ1v) is 6.22. The number of ether oxygens (including phenoxy) is 2. The van der Waals surface area contributed by atoms with Crippen LogP contribution in [-0.4, -0.2) is 32.3 Å². The van der Waals surface area contributed by atoms with E-state index in [2.05, 4.69) is 5.32 Å². The molecule has 1 aromatic carbocycles. The molecule has 19 heavy (non-hydrogen) atoms. The number of nitrogens with one attached hydrogen (secondary N) is 1. The average Bonchev–Trinajstić information content (AvgIpc) is 2.39. The summed E-state index contributed by atoms with van der Waals surface area (Å²) in [7, 11) is 0. The van der Waals surface area contributed by atoms with E-state index < -0.39 is 0 Å². The maximum Gasteiger partial charge on any atom is 0.332 e. The van der Waals surface area contributed by atoms with Gasteiger partial charge in [-0.25, -0.2) is 4.79 Å². The molecule has 0 saturated heterocycles. The molecular weight excluding hydrogens is 268 g/mol. The van der Waals surface area contributed by atoms with Crippen LogP contribution in [0.2, 0.25) is 5.02 Å². The van der Waals surface area contributed by atoms with Crippen molar-refractivity contribution in [3.63, 3.8) is 0 Å². The number of hydrogen-bond acceptors (Lipinski definition) is 5. The lowest BCUT2D eigenvalue weighted by atomic mass is 10.2. The number of nitrogens with zero attached hydrogens (tertiary/aromatic N) is 1. The van der Waals surface area contributed by atoms with Gasteiger partial charge in [0.15, 0.2) is 0 Å². The molecule has 1 rings (SSSR count). The van der Waals surface area contributed by atoms with Gasteiger partial charge in [0.1, 0.15) is 12.7 Å². The first kappa shape index (κ1) is 15.3. The zero-order chi connectivity index (χ0) is 14.1. The highest BCUT2D eigenvalue weighted by molar-refractivity contribution is 6.32. The second-order valence-corrected chi connectivity index (χ2v) is 4.00. The standard InChI is InChI=1S/C13H15ClN2O3/c1-2-19-13(17)9-18-6-5-16-11-4-3-10(8-15)12(14)7-11/h3-4,7,16H,2,5-6,9H2,1H3. The van der Waals surface area contributed by atoms with Gasteiger partial charge in [-0.2, -0.15) is 5.26 Å². The Balaban J connectivity index is 2.25. The molecule has 0 amide bonds. The Labute approximate surface area is 117 Å². The van der Waals surface area contributed by atoms with Crippen molar-refractivity contribution in [3.8, 4) is 6.07 Å². The highest BCUT2D eigenvalue weighted by Gasteiger charge is 2.02. The fourth-order valence-corrected chi connectivity index (χ4v) is 1.56. The lowest BCUT2D eigenvalue weighted by Crippen LogP contribution is -2.16. The van der Waals surface area contributed by atoms with E-state index in [9.17, 15) is 4.79 Å². The maximum absolute atomic E-state index is 11.0. The van der Waals surface area contributed by atoms with Gasteiger partial charge in [-0.15, -0.1) is 0 Å². The fourth-order valence-electron chi connectivity index (χ4n) is 1.34. The number of nitriles is 1. The van der Waals surface area contributed by atoms with Crippen LogP contribution in [-0.2, 0) is 14.3 Å². The number of hydrogen-bond donors (Lipinski definition) is 1. The van der Waals surface area contributed by atoms with E-state index in [1.54, 1.807) is 25.1 Å². The van der Waals surface area contributed by atoms with Gasteiger partial charge in [0.25, 0.3) is 0 Å². The van der Waals surface area contributed by atoms with Gasteiger partial charge in [0.2, 0.25) is 0 Å². The molecule has 1 aromatic rings. The molecule has 0 unspecified atom stereocenters. The second-order valence-electron chi connectivity index (χ2n) is 3.59. The number of benzene rings is 1. The number of anilines is 1. The van der Waals surface area contributed by atoms with E-state index in [1.165, 1.54) is 0 Å². The summed E-state index contributed by atoms with van der Waals surface area (Å²) < 4.78 is 9.84. The van der Waals surface area contributed by atoms with Crippen LogP contribution in [0, 0.1) is 11.3 Å². The minimum Gasteiger partial charge on any atom is -0.464 e. The largest absolute Gasteiger partial charge is 0.464 e. The lowest BCUT2D eigenvalue weighted by Gasteiger charge is -2.08. The van der Waals surface area contributed by atoms with Crippen molar-refractivity contribution < 1.29 is 14.3 Å². The number of carbonyl (C=O) groups excluding carboxylic acids is 1. The first-order chi connectivity index (χ1) is 9.17. The zero-order valence-electron chi connectivity index (χ0n) is 10.6. The number of esters is 1. The summed E-state index contributed by atoms with van der Waals surface area (Å²) in [5.41, 5.74) is 1.23. The van der Waals surface area contributed by atoms with Gasteiger partial charge in [-0.05, 0) is 25.1 Å². The molecule has 6 heteroatoms.